The van der Waals surface area contributed by atoms with Crippen LogP contribution in [0.15, 0.2) is 42.6 Å². The topological polar surface area (TPSA) is 73.7 Å². The summed E-state index contributed by atoms with van der Waals surface area (Å²) in [5.41, 5.74) is -1.20. The molecule has 0 spiro atoms. The Morgan fingerprint density at radius 2 is 1.92 bits per heavy atom. The van der Waals surface area contributed by atoms with Crippen molar-refractivity contribution in [2.45, 2.75) is 24.7 Å². The van der Waals surface area contributed by atoms with Gasteiger partial charge in [0.2, 0.25) is 0 Å². The van der Waals surface area contributed by atoms with Crippen LogP contribution in [0.4, 0.5) is 13.2 Å². The van der Waals surface area contributed by atoms with E-state index in [0.717, 1.165) is 11.0 Å². The van der Waals surface area contributed by atoms with Crippen LogP contribution in [0.3, 0.4) is 0 Å². The SMILES string of the molecule is O=C(c1ncccc1O)N1CC(O)CC1c1ccccc1C(F)(F)F. The first-order chi connectivity index (χ1) is 11.8. The average Bonchev–Trinajstić information content (AvgIpc) is 2.96. The van der Waals surface area contributed by atoms with Crippen LogP contribution in [-0.2, 0) is 6.18 Å². The predicted molar refractivity (Wildman–Crippen MR) is 81.7 cm³/mol. The number of aliphatic hydroxyl groups is 1. The number of aliphatic hydroxyl groups excluding tert-OH is 1. The number of aromatic hydroxyl groups is 1. The van der Waals surface area contributed by atoms with Gasteiger partial charge in [-0.25, -0.2) is 4.98 Å². The van der Waals surface area contributed by atoms with E-state index < -0.39 is 29.8 Å². The zero-order valence-corrected chi connectivity index (χ0v) is 12.9. The Kier molecular flexibility index (Phi) is 4.38. The van der Waals surface area contributed by atoms with Crippen molar-refractivity contribution in [3.63, 3.8) is 0 Å². The monoisotopic (exact) mass is 352 g/mol. The number of pyridine rings is 1. The van der Waals surface area contributed by atoms with Crippen molar-refractivity contribution in [1.29, 1.82) is 0 Å². The lowest BCUT2D eigenvalue weighted by Crippen LogP contribution is -2.33. The highest BCUT2D eigenvalue weighted by atomic mass is 19.4. The summed E-state index contributed by atoms with van der Waals surface area (Å²) in [4.78, 5) is 17.6. The second-order valence-electron chi connectivity index (χ2n) is 5.82. The Morgan fingerprint density at radius 1 is 1.20 bits per heavy atom. The van der Waals surface area contributed by atoms with E-state index in [0.29, 0.717) is 0 Å². The van der Waals surface area contributed by atoms with Gasteiger partial charge >= 0.3 is 6.18 Å². The Hall–Kier alpha value is -2.61. The van der Waals surface area contributed by atoms with Gasteiger partial charge in [0.15, 0.2) is 5.69 Å². The summed E-state index contributed by atoms with van der Waals surface area (Å²) >= 11 is 0. The predicted octanol–water partition coefficient (Wildman–Crippen LogP) is 2.75. The van der Waals surface area contributed by atoms with Crippen molar-refractivity contribution in [1.82, 2.24) is 9.88 Å². The molecule has 5 nitrogen and oxygen atoms in total. The van der Waals surface area contributed by atoms with Gasteiger partial charge in [-0.15, -0.1) is 0 Å². The summed E-state index contributed by atoms with van der Waals surface area (Å²) in [5.74, 6) is -1.09. The van der Waals surface area contributed by atoms with Crippen LogP contribution >= 0.6 is 0 Å². The number of carbonyl (C=O) groups excluding carboxylic acids is 1. The summed E-state index contributed by atoms with van der Waals surface area (Å²) in [5, 5.41) is 19.7. The minimum atomic E-state index is -4.58. The second kappa shape index (κ2) is 6.36. The van der Waals surface area contributed by atoms with Gasteiger partial charge in [0.25, 0.3) is 5.91 Å². The van der Waals surface area contributed by atoms with Crippen LogP contribution in [0.2, 0.25) is 0 Å². The number of benzene rings is 1. The minimum absolute atomic E-state index is 0.0214. The molecule has 132 valence electrons. The fourth-order valence-electron chi connectivity index (χ4n) is 3.08. The standard InChI is InChI=1S/C17H15F3N2O3/c18-17(19,20)12-5-2-1-4-11(12)13-8-10(23)9-22(13)16(25)15-14(24)6-3-7-21-15/h1-7,10,13,23-24H,8-9H2. The van der Waals surface area contributed by atoms with Crippen LogP contribution in [0, 0.1) is 0 Å². The molecule has 0 aliphatic carbocycles. The molecule has 2 unspecified atom stereocenters. The van der Waals surface area contributed by atoms with Crippen LogP contribution in [0.5, 0.6) is 5.75 Å². The first kappa shape index (κ1) is 17.2. The number of amides is 1. The number of likely N-dealkylation sites (tertiary alicyclic amines) is 1. The first-order valence-corrected chi connectivity index (χ1v) is 7.58. The third-order valence-corrected chi connectivity index (χ3v) is 4.15. The Morgan fingerprint density at radius 3 is 2.60 bits per heavy atom. The Bertz CT molecular complexity index is 795. The molecule has 2 heterocycles. The zero-order valence-electron chi connectivity index (χ0n) is 12.9. The number of carbonyl (C=O) groups is 1. The number of β-amino-alcohol motifs (C(OH)–C–C–N with tert-alkyl or cyclic N) is 1. The van der Waals surface area contributed by atoms with Crippen molar-refractivity contribution in [3.8, 4) is 5.75 Å². The molecule has 1 aromatic heterocycles. The van der Waals surface area contributed by atoms with E-state index in [4.69, 9.17) is 0 Å². The highest BCUT2D eigenvalue weighted by Gasteiger charge is 2.42. The molecule has 1 aromatic carbocycles. The maximum absolute atomic E-state index is 13.3. The number of hydrogen-bond donors (Lipinski definition) is 2. The summed E-state index contributed by atoms with van der Waals surface area (Å²) in [7, 11) is 0. The van der Waals surface area contributed by atoms with Gasteiger partial charge in [0, 0.05) is 12.7 Å². The maximum Gasteiger partial charge on any atom is 0.416 e. The van der Waals surface area contributed by atoms with Crippen molar-refractivity contribution in [2.75, 3.05) is 6.54 Å². The molecule has 25 heavy (non-hydrogen) atoms. The molecule has 0 bridgehead atoms. The fraction of sp³-hybridized carbons (Fsp3) is 0.294. The largest absolute Gasteiger partial charge is 0.505 e. The van der Waals surface area contributed by atoms with Crippen molar-refractivity contribution < 1.29 is 28.2 Å². The molecule has 2 N–H and O–H groups in total. The molecule has 8 heteroatoms. The van der Waals surface area contributed by atoms with Crippen molar-refractivity contribution >= 4 is 5.91 Å². The van der Waals surface area contributed by atoms with Gasteiger partial charge in [0.05, 0.1) is 17.7 Å². The quantitative estimate of drug-likeness (QED) is 0.872. The van der Waals surface area contributed by atoms with Gasteiger partial charge < -0.3 is 15.1 Å². The molecule has 1 amide bonds. The molecule has 2 aromatic rings. The fourth-order valence-corrected chi connectivity index (χ4v) is 3.08. The van der Waals surface area contributed by atoms with Crippen LogP contribution in [0.25, 0.3) is 0 Å². The van der Waals surface area contributed by atoms with E-state index in [2.05, 4.69) is 4.98 Å². The van der Waals surface area contributed by atoms with E-state index in [9.17, 15) is 28.2 Å². The third-order valence-electron chi connectivity index (χ3n) is 4.15. The highest BCUT2D eigenvalue weighted by molar-refractivity contribution is 5.95. The van der Waals surface area contributed by atoms with E-state index >= 15 is 0 Å². The molecule has 3 rings (SSSR count). The molecular weight excluding hydrogens is 337 g/mol. The lowest BCUT2D eigenvalue weighted by molar-refractivity contribution is -0.138. The molecular formula is C17H15F3N2O3. The van der Waals surface area contributed by atoms with Crippen LogP contribution < -0.4 is 0 Å². The van der Waals surface area contributed by atoms with Gasteiger partial charge in [0.1, 0.15) is 5.75 Å². The average molecular weight is 352 g/mol. The molecule has 2 atom stereocenters. The molecule has 1 saturated heterocycles. The zero-order chi connectivity index (χ0) is 18.2. The van der Waals surface area contributed by atoms with Crippen molar-refractivity contribution in [3.05, 3.63) is 59.4 Å². The van der Waals surface area contributed by atoms with Crippen LogP contribution in [0.1, 0.15) is 34.1 Å². The van der Waals surface area contributed by atoms with E-state index in [1.165, 1.54) is 36.5 Å². The lowest BCUT2D eigenvalue weighted by Gasteiger charge is -2.27. The molecule has 1 aliphatic rings. The Balaban J connectivity index is 2.02. The van der Waals surface area contributed by atoms with Crippen molar-refractivity contribution in [2.24, 2.45) is 0 Å². The first-order valence-electron chi connectivity index (χ1n) is 7.58. The maximum atomic E-state index is 13.3. The number of aromatic nitrogens is 1. The number of hydrogen-bond acceptors (Lipinski definition) is 4. The van der Waals surface area contributed by atoms with E-state index in [-0.39, 0.29) is 30.0 Å². The highest BCUT2D eigenvalue weighted by Crippen LogP contribution is 2.41. The second-order valence-corrected chi connectivity index (χ2v) is 5.82. The summed E-state index contributed by atoms with van der Waals surface area (Å²) in [6, 6.07) is 6.71. The number of rotatable bonds is 2. The van der Waals surface area contributed by atoms with E-state index in [1.807, 2.05) is 0 Å². The van der Waals surface area contributed by atoms with Crippen LogP contribution in [-0.4, -0.2) is 38.7 Å². The Labute approximate surface area is 141 Å². The summed E-state index contributed by atoms with van der Waals surface area (Å²) < 4.78 is 39.9. The van der Waals surface area contributed by atoms with Gasteiger partial charge in [-0.2, -0.15) is 13.2 Å². The third kappa shape index (κ3) is 3.30. The lowest BCUT2D eigenvalue weighted by atomic mass is 9.97. The summed E-state index contributed by atoms with van der Waals surface area (Å²) in [6.45, 7) is -0.133. The van der Waals surface area contributed by atoms with E-state index in [1.54, 1.807) is 0 Å². The molecule has 0 radical (unpaired) electrons. The smallest absolute Gasteiger partial charge is 0.416 e. The normalized spacial score (nSPS) is 20.7. The van der Waals surface area contributed by atoms with Gasteiger partial charge in [-0.1, -0.05) is 18.2 Å². The number of halogens is 3. The number of alkyl halides is 3. The molecule has 0 saturated carbocycles. The number of nitrogens with zero attached hydrogens (tertiary/aromatic N) is 2. The molecule has 1 fully saturated rings. The van der Waals surface area contributed by atoms with Gasteiger partial charge in [-0.3, -0.25) is 4.79 Å². The molecule has 1 aliphatic heterocycles. The van der Waals surface area contributed by atoms with Gasteiger partial charge in [-0.05, 0) is 30.2 Å². The minimum Gasteiger partial charge on any atom is -0.505 e. The summed E-state index contributed by atoms with van der Waals surface area (Å²) in [6.07, 6.45) is -4.25.